The molecule has 0 aliphatic carbocycles. The standard InChI is InChI=1S/C17H17NO2/c1-20-17(19)15-11-5-6-12-16(15)18-13-7-10-14-8-3-2-4-9-14/h2-12,18H,13H2,1H3. The summed E-state index contributed by atoms with van der Waals surface area (Å²) in [5.41, 5.74) is 2.47. The van der Waals surface area contributed by atoms with Crippen LogP contribution in [0.2, 0.25) is 0 Å². The molecule has 0 bridgehead atoms. The fourth-order valence-corrected chi connectivity index (χ4v) is 1.85. The molecule has 0 saturated heterocycles. The van der Waals surface area contributed by atoms with Crippen molar-refractivity contribution in [3.05, 3.63) is 71.8 Å². The van der Waals surface area contributed by atoms with Gasteiger partial charge in [-0.3, -0.25) is 0 Å². The third kappa shape index (κ3) is 3.72. The SMILES string of the molecule is COC(=O)c1ccccc1NCC=Cc1ccccc1. The summed E-state index contributed by atoms with van der Waals surface area (Å²) < 4.78 is 4.76. The van der Waals surface area contributed by atoms with Gasteiger partial charge in [-0.1, -0.05) is 54.6 Å². The summed E-state index contributed by atoms with van der Waals surface area (Å²) in [6, 6.07) is 17.4. The highest BCUT2D eigenvalue weighted by Gasteiger charge is 2.09. The highest BCUT2D eigenvalue weighted by atomic mass is 16.5. The van der Waals surface area contributed by atoms with Crippen LogP contribution in [0, 0.1) is 0 Å². The van der Waals surface area contributed by atoms with Gasteiger partial charge in [-0.05, 0) is 17.7 Å². The summed E-state index contributed by atoms with van der Waals surface area (Å²) in [5, 5.41) is 3.21. The predicted octanol–water partition coefficient (Wildman–Crippen LogP) is 3.60. The summed E-state index contributed by atoms with van der Waals surface area (Å²) in [6.07, 6.45) is 4.05. The van der Waals surface area contributed by atoms with E-state index in [-0.39, 0.29) is 5.97 Å². The van der Waals surface area contributed by atoms with Crippen LogP contribution in [0.25, 0.3) is 6.08 Å². The molecule has 2 rings (SSSR count). The Hall–Kier alpha value is -2.55. The normalized spacial score (nSPS) is 10.4. The minimum absolute atomic E-state index is 0.333. The zero-order chi connectivity index (χ0) is 14.2. The van der Waals surface area contributed by atoms with Crippen molar-refractivity contribution in [2.45, 2.75) is 0 Å². The number of esters is 1. The molecule has 0 fully saturated rings. The molecular weight excluding hydrogens is 250 g/mol. The highest BCUT2D eigenvalue weighted by Crippen LogP contribution is 2.15. The highest BCUT2D eigenvalue weighted by molar-refractivity contribution is 5.95. The molecular formula is C17H17NO2. The first-order valence-electron chi connectivity index (χ1n) is 6.44. The van der Waals surface area contributed by atoms with Gasteiger partial charge in [0.2, 0.25) is 0 Å². The number of hydrogen-bond donors (Lipinski definition) is 1. The Kier molecular flexibility index (Phi) is 4.95. The Morgan fingerprint density at radius 3 is 2.55 bits per heavy atom. The van der Waals surface area contributed by atoms with Crippen LogP contribution < -0.4 is 5.32 Å². The molecule has 0 aliphatic rings. The predicted molar refractivity (Wildman–Crippen MR) is 81.7 cm³/mol. The van der Waals surface area contributed by atoms with Crippen LogP contribution in [-0.2, 0) is 4.74 Å². The van der Waals surface area contributed by atoms with Gasteiger partial charge in [-0.15, -0.1) is 0 Å². The van der Waals surface area contributed by atoms with E-state index in [1.54, 1.807) is 6.07 Å². The number of para-hydroxylation sites is 1. The number of carbonyl (C=O) groups is 1. The minimum atomic E-state index is -0.333. The van der Waals surface area contributed by atoms with Gasteiger partial charge >= 0.3 is 5.97 Å². The van der Waals surface area contributed by atoms with Crippen LogP contribution in [0.15, 0.2) is 60.7 Å². The number of anilines is 1. The Labute approximate surface area is 118 Å². The van der Waals surface area contributed by atoms with Crippen LogP contribution in [0.3, 0.4) is 0 Å². The van der Waals surface area contributed by atoms with Gasteiger partial charge in [0.05, 0.1) is 12.7 Å². The number of carbonyl (C=O) groups excluding carboxylic acids is 1. The third-order valence-electron chi connectivity index (χ3n) is 2.85. The van der Waals surface area contributed by atoms with Gasteiger partial charge in [-0.25, -0.2) is 4.79 Å². The van der Waals surface area contributed by atoms with E-state index in [0.29, 0.717) is 12.1 Å². The lowest BCUT2D eigenvalue weighted by atomic mass is 10.1. The molecule has 0 heterocycles. The van der Waals surface area contributed by atoms with E-state index in [9.17, 15) is 4.79 Å². The zero-order valence-electron chi connectivity index (χ0n) is 11.4. The number of benzene rings is 2. The molecule has 2 aromatic carbocycles. The lowest BCUT2D eigenvalue weighted by molar-refractivity contribution is 0.0602. The molecule has 0 aromatic heterocycles. The van der Waals surface area contributed by atoms with E-state index in [4.69, 9.17) is 4.74 Å². The zero-order valence-corrected chi connectivity index (χ0v) is 11.4. The Bertz CT molecular complexity index is 591. The van der Waals surface area contributed by atoms with Gasteiger partial charge in [-0.2, -0.15) is 0 Å². The molecule has 3 heteroatoms. The van der Waals surface area contributed by atoms with Gasteiger partial charge in [0, 0.05) is 12.2 Å². The monoisotopic (exact) mass is 267 g/mol. The van der Waals surface area contributed by atoms with E-state index >= 15 is 0 Å². The molecule has 1 N–H and O–H groups in total. The van der Waals surface area contributed by atoms with E-state index < -0.39 is 0 Å². The van der Waals surface area contributed by atoms with Crippen LogP contribution in [0.1, 0.15) is 15.9 Å². The first-order valence-corrected chi connectivity index (χ1v) is 6.44. The maximum Gasteiger partial charge on any atom is 0.339 e. The maximum atomic E-state index is 11.6. The van der Waals surface area contributed by atoms with E-state index in [0.717, 1.165) is 11.3 Å². The molecule has 0 spiro atoms. The lowest BCUT2D eigenvalue weighted by Gasteiger charge is -2.08. The van der Waals surface area contributed by atoms with Crippen molar-refractivity contribution in [1.82, 2.24) is 0 Å². The summed E-state index contributed by atoms with van der Waals surface area (Å²) in [5.74, 6) is -0.333. The van der Waals surface area contributed by atoms with Crippen molar-refractivity contribution < 1.29 is 9.53 Å². The fourth-order valence-electron chi connectivity index (χ4n) is 1.85. The van der Waals surface area contributed by atoms with Crippen molar-refractivity contribution in [3.8, 4) is 0 Å². The largest absolute Gasteiger partial charge is 0.465 e. The van der Waals surface area contributed by atoms with Crippen LogP contribution in [-0.4, -0.2) is 19.6 Å². The van der Waals surface area contributed by atoms with Gasteiger partial charge < -0.3 is 10.1 Å². The molecule has 102 valence electrons. The van der Waals surface area contributed by atoms with Gasteiger partial charge in [0.15, 0.2) is 0 Å². The van der Waals surface area contributed by atoms with Crippen molar-refractivity contribution >= 4 is 17.7 Å². The third-order valence-corrected chi connectivity index (χ3v) is 2.85. The fraction of sp³-hybridized carbons (Fsp3) is 0.118. The molecule has 0 atom stereocenters. The van der Waals surface area contributed by atoms with E-state index in [1.807, 2.05) is 60.7 Å². The molecule has 2 aromatic rings. The Balaban J connectivity index is 1.98. The Morgan fingerprint density at radius 1 is 1.10 bits per heavy atom. The average molecular weight is 267 g/mol. The number of ether oxygens (including phenoxy) is 1. The van der Waals surface area contributed by atoms with Crippen molar-refractivity contribution in [3.63, 3.8) is 0 Å². The van der Waals surface area contributed by atoms with E-state index in [1.165, 1.54) is 7.11 Å². The topological polar surface area (TPSA) is 38.3 Å². The first kappa shape index (κ1) is 13.9. The quantitative estimate of drug-likeness (QED) is 0.841. The van der Waals surface area contributed by atoms with Crippen molar-refractivity contribution in [1.29, 1.82) is 0 Å². The summed E-state index contributed by atoms with van der Waals surface area (Å²) in [7, 11) is 1.38. The van der Waals surface area contributed by atoms with Gasteiger partial charge in [0.1, 0.15) is 0 Å². The first-order chi connectivity index (χ1) is 9.81. The van der Waals surface area contributed by atoms with Gasteiger partial charge in [0.25, 0.3) is 0 Å². The Morgan fingerprint density at radius 2 is 1.80 bits per heavy atom. The molecule has 3 nitrogen and oxygen atoms in total. The number of nitrogens with one attached hydrogen (secondary N) is 1. The number of methoxy groups -OCH3 is 1. The van der Waals surface area contributed by atoms with Crippen molar-refractivity contribution in [2.24, 2.45) is 0 Å². The molecule has 0 amide bonds. The second-order valence-electron chi connectivity index (χ2n) is 4.23. The summed E-state index contributed by atoms with van der Waals surface area (Å²) in [6.45, 7) is 0.642. The second-order valence-corrected chi connectivity index (χ2v) is 4.23. The van der Waals surface area contributed by atoms with Crippen LogP contribution >= 0.6 is 0 Å². The average Bonchev–Trinajstić information content (AvgIpc) is 2.52. The van der Waals surface area contributed by atoms with Crippen LogP contribution in [0.4, 0.5) is 5.69 Å². The molecule has 0 saturated carbocycles. The number of hydrogen-bond acceptors (Lipinski definition) is 3. The number of rotatable bonds is 5. The molecule has 0 unspecified atom stereocenters. The smallest absolute Gasteiger partial charge is 0.339 e. The molecule has 20 heavy (non-hydrogen) atoms. The minimum Gasteiger partial charge on any atom is -0.465 e. The van der Waals surface area contributed by atoms with Crippen molar-refractivity contribution in [2.75, 3.05) is 19.0 Å². The molecule has 0 radical (unpaired) electrons. The summed E-state index contributed by atoms with van der Waals surface area (Å²) in [4.78, 5) is 11.6. The van der Waals surface area contributed by atoms with Crippen LogP contribution in [0.5, 0.6) is 0 Å². The molecule has 0 aliphatic heterocycles. The maximum absolute atomic E-state index is 11.6. The van der Waals surface area contributed by atoms with E-state index in [2.05, 4.69) is 5.32 Å². The lowest BCUT2D eigenvalue weighted by Crippen LogP contribution is -2.07. The second kappa shape index (κ2) is 7.14. The summed E-state index contributed by atoms with van der Waals surface area (Å²) >= 11 is 0.